The summed E-state index contributed by atoms with van der Waals surface area (Å²) in [7, 11) is -3.15. The number of pyridine rings is 1. The summed E-state index contributed by atoms with van der Waals surface area (Å²) < 4.78 is 22.8. The van der Waals surface area contributed by atoms with Crippen molar-refractivity contribution in [2.45, 2.75) is 5.75 Å². The maximum absolute atomic E-state index is 12.4. The van der Waals surface area contributed by atoms with Gasteiger partial charge >= 0.3 is 0 Å². The number of rotatable bonds is 5. The number of aromatic nitrogens is 2. The Morgan fingerprint density at radius 1 is 1.24 bits per heavy atom. The van der Waals surface area contributed by atoms with E-state index in [4.69, 9.17) is 0 Å². The molecule has 0 unspecified atom stereocenters. The van der Waals surface area contributed by atoms with Crippen LogP contribution in [0.2, 0.25) is 0 Å². The first-order valence-corrected chi connectivity index (χ1v) is 10.3. The second kappa shape index (κ2) is 7.12. The van der Waals surface area contributed by atoms with E-state index < -0.39 is 9.84 Å². The number of carbonyl (C=O) groups excluding carboxylic acids is 1. The van der Waals surface area contributed by atoms with Crippen LogP contribution in [0, 0.1) is 0 Å². The quantitative estimate of drug-likeness (QED) is 0.743. The first-order chi connectivity index (χ1) is 11.9. The van der Waals surface area contributed by atoms with E-state index in [1.807, 2.05) is 17.5 Å². The van der Waals surface area contributed by atoms with Gasteiger partial charge in [0.25, 0.3) is 5.91 Å². The van der Waals surface area contributed by atoms with Gasteiger partial charge in [-0.2, -0.15) is 0 Å². The maximum atomic E-state index is 12.4. The Morgan fingerprint density at radius 3 is 2.80 bits per heavy atom. The largest absolute Gasteiger partial charge is 0.298 e. The molecule has 8 heteroatoms. The predicted molar refractivity (Wildman–Crippen MR) is 98.3 cm³/mol. The van der Waals surface area contributed by atoms with Crippen molar-refractivity contribution in [2.24, 2.45) is 0 Å². The Kier molecular flexibility index (Phi) is 4.91. The predicted octanol–water partition coefficient (Wildman–Crippen LogP) is 3.00. The third kappa shape index (κ3) is 4.71. The topological polar surface area (TPSA) is 89.0 Å². The molecule has 6 nitrogen and oxygen atoms in total. The monoisotopic (exact) mass is 373 g/mol. The molecule has 2 aromatic heterocycles. The van der Waals surface area contributed by atoms with Gasteiger partial charge < -0.3 is 0 Å². The van der Waals surface area contributed by atoms with E-state index in [0.29, 0.717) is 16.3 Å². The zero-order valence-corrected chi connectivity index (χ0v) is 15.0. The van der Waals surface area contributed by atoms with E-state index in [0.717, 1.165) is 17.5 Å². The lowest BCUT2D eigenvalue weighted by atomic mass is 10.1. The number of carbonyl (C=O) groups is 1. The molecule has 25 heavy (non-hydrogen) atoms. The molecule has 0 saturated heterocycles. The number of hydrogen-bond donors (Lipinski definition) is 1. The molecule has 1 aromatic carbocycles. The molecule has 0 aliphatic heterocycles. The number of nitrogens with one attached hydrogen (secondary N) is 1. The van der Waals surface area contributed by atoms with Gasteiger partial charge in [0.05, 0.1) is 11.4 Å². The summed E-state index contributed by atoms with van der Waals surface area (Å²) >= 11 is 1.31. The van der Waals surface area contributed by atoms with Crippen LogP contribution in [-0.4, -0.2) is 30.5 Å². The molecule has 3 aromatic rings. The summed E-state index contributed by atoms with van der Waals surface area (Å²) in [5.41, 5.74) is 2.57. The number of benzene rings is 1. The van der Waals surface area contributed by atoms with Crippen molar-refractivity contribution in [3.8, 4) is 11.3 Å². The maximum Gasteiger partial charge on any atom is 0.257 e. The molecule has 0 aliphatic carbocycles. The summed E-state index contributed by atoms with van der Waals surface area (Å²) in [5, 5.41) is 5.05. The summed E-state index contributed by atoms with van der Waals surface area (Å²) in [4.78, 5) is 20.8. The minimum absolute atomic E-state index is 0.101. The number of sulfone groups is 1. The van der Waals surface area contributed by atoms with E-state index >= 15 is 0 Å². The van der Waals surface area contributed by atoms with Crippen LogP contribution in [0.4, 0.5) is 5.13 Å². The van der Waals surface area contributed by atoms with Crippen molar-refractivity contribution in [2.75, 3.05) is 11.6 Å². The minimum atomic E-state index is -3.15. The number of hydrogen-bond acceptors (Lipinski definition) is 6. The molecule has 2 heterocycles. The van der Waals surface area contributed by atoms with Gasteiger partial charge in [-0.25, -0.2) is 13.4 Å². The van der Waals surface area contributed by atoms with Crippen LogP contribution in [0.3, 0.4) is 0 Å². The van der Waals surface area contributed by atoms with Gasteiger partial charge in [0.2, 0.25) is 0 Å². The van der Waals surface area contributed by atoms with Crippen molar-refractivity contribution in [3.63, 3.8) is 0 Å². The third-order valence-corrected chi connectivity index (χ3v) is 4.92. The van der Waals surface area contributed by atoms with Gasteiger partial charge in [-0.05, 0) is 29.8 Å². The van der Waals surface area contributed by atoms with Crippen molar-refractivity contribution < 1.29 is 13.2 Å². The van der Waals surface area contributed by atoms with E-state index in [9.17, 15) is 13.2 Å². The van der Waals surface area contributed by atoms with E-state index in [1.165, 1.54) is 11.3 Å². The van der Waals surface area contributed by atoms with Crippen molar-refractivity contribution in [1.82, 2.24) is 9.97 Å². The van der Waals surface area contributed by atoms with Gasteiger partial charge in [0, 0.05) is 35.2 Å². The van der Waals surface area contributed by atoms with Gasteiger partial charge in [-0.1, -0.05) is 12.1 Å². The summed E-state index contributed by atoms with van der Waals surface area (Å²) in [6, 6.07) is 10.3. The normalized spacial score (nSPS) is 11.2. The molecule has 0 spiro atoms. The lowest BCUT2D eigenvalue weighted by Crippen LogP contribution is -2.12. The molecule has 0 saturated carbocycles. The average molecular weight is 373 g/mol. The van der Waals surface area contributed by atoms with Crippen molar-refractivity contribution >= 4 is 32.2 Å². The van der Waals surface area contributed by atoms with Crippen LogP contribution in [0.25, 0.3) is 11.3 Å². The summed E-state index contributed by atoms with van der Waals surface area (Å²) in [6.07, 6.45) is 4.55. The highest BCUT2D eigenvalue weighted by molar-refractivity contribution is 7.89. The van der Waals surface area contributed by atoms with Crippen LogP contribution in [-0.2, 0) is 15.6 Å². The number of nitrogens with zero attached hydrogens (tertiary/aromatic N) is 2. The molecule has 1 N–H and O–H groups in total. The fourth-order valence-corrected chi connectivity index (χ4v) is 3.75. The molecular formula is C17H15N3O3S2. The zero-order chi connectivity index (χ0) is 17.9. The fraction of sp³-hybridized carbons (Fsp3) is 0.118. The van der Waals surface area contributed by atoms with Gasteiger partial charge in [-0.15, -0.1) is 11.3 Å². The highest BCUT2D eigenvalue weighted by atomic mass is 32.2. The number of thiazole rings is 1. The fourth-order valence-electron chi connectivity index (χ4n) is 2.25. The Bertz CT molecular complexity index is 999. The van der Waals surface area contributed by atoms with Crippen LogP contribution in [0.1, 0.15) is 15.9 Å². The van der Waals surface area contributed by atoms with E-state index in [-0.39, 0.29) is 11.7 Å². The lowest BCUT2D eigenvalue weighted by Gasteiger charge is -2.04. The molecule has 0 fully saturated rings. The summed E-state index contributed by atoms with van der Waals surface area (Å²) in [5.74, 6) is -0.432. The standard InChI is InChI=1S/C17H15N3O3S2/c1-25(22,23)11-12-4-2-5-13(8-12)16(21)20-17-19-15(10-24-17)14-6-3-7-18-9-14/h2-10H,11H2,1H3,(H,19,20,21). The van der Waals surface area contributed by atoms with Gasteiger partial charge in [0.1, 0.15) is 0 Å². The van der Waals surface area contributed by atoms with Crippen LogP contribution < -0.4 is 5.32 Å². The Hall–Kier alpha value is -2.58. The van der Waals surface area contributed by atoms with Crippen molar-refractivity contribution in [3.05, 3.63) is 65.3 Å². The highest BCUT2D eigenvalue weighted by Crippen LogP contribution is 2.24. The lowest BCUT2D eigenvalue weighted by molar-refractivity contribution is 0.102. The van der Waals surface area contributed by atoms with E-state index in [2.05, 4.69) is 15.3 Å². The van der Waals surface area contributed by atoms with Gasteiger partial charge in [0.15, 0.2) is 15.0 Å². The first kappa shape index (κ1) is 17.2. The first-order valence-electron chi connectivity index (χ1n) is 7.35. The van der Waals surface area contributed by atoms with Gasteiger partial charge in [-0.3, -0.25) is 15.1 Å². The molecular weight excluding hydrogens is 358 g/mol. The Balaban J connectivity index is 1.75. The molecule has 0 bridgehead atoms. The number of anilines is 1. The second-order valence-electron chi connectivity index (χ2n) is 5.50. The molecule has 1 amide bonds. The SMILES string of the molecule is CS(=O)(=O)Cc1cccc(C(=O)Nc2nc(-c3cccnc3)cs2)c1. The molecule has 0 radical (unpaired) electrons. The third-order valence-electron chi connectivity index (χ3n) is 3.30. The number of amides is 1. The van der Waals surface area contributed by atoms with Crippen molar-refractivity contribution in [1.29, 1.82) is 0 Å². The van der Waals surface area contributed by atoms with Crippen LogP contribution in [0.15, 0.2) is 54.2 Å². The minimum Gasteiger partial charge on any atom is -0.298 e. The molecule has 0 atom stereocenters. The second-order valence-corrected chi connectivity index (χ2v) is 8.50. The smallest absolute Gasteiger partial charge is 0.257 e. The van der Waals surface area contributed by atoms with Crippen LogP contribution in [0.5, 0.6) is 0 Å². The Labute approximate surface area is 149 Å². The molecule has 0 aliphatic rings. The zero-order valence-electron chi connectivity index (χ0n) is 13.3. The molecule has 128 valence electrons. The summed E-state index contributed by atoms with van der Waals surface area (Å²) in [6.45, 7) is 0. The van der Waals surface area contributed by atoms with E-state index in [1.54, 1.807) is 36.7 Å². The average Bonchev–Trinajstić information content (AvgIpc) is 3.03. The Morgan fingerprint density at radius 2 is 2.08 bits per heavy atom. The highest BCUT2D eigenvalue weighted by Gasteiger charge is 2.12. The van der Waals surface area contributed by atoms with Crippen LogP contribution >= 0.6 is 11.3 Å². The molecule has 3 rings (SSSR count).